The SMILES string of the molecule is CN(C1=NCCO1)C1(C(F)(F)F)CCCCC1. The third kappa shape index (κ3) is 2.09. The molecular formula is C11H17F3N2O. The zero-order valence-electron chi connectivity index (χ0n) is 9.89. The normalized spacial score (nSPS) is 24.1. The van der Waals surface area contributed by atoms with E-state index in [0.29, 0.717) is 26.0 Å². The van der Waals surface area contributed by atoms with Crippen LogP contribution in [0.2, 0.25) is 0 Å². The van der Waals surface area contributed by atoms with Gasteiger partial charge in [0.25, 0.3) is 6.02 Å². The molecule has 1 saturated carbocycles. The van der Waals surface area contributed by atoms with Crippen LogP contribution in [0.1, 0.15) is 32.1 Å². The van der Waals surface area contributed by atoms with Gasteiger partial charge in [0.2, 0.25) is 0 Å². The summed E-state index contributed by atoms with van der Waals surface area (Å²) in [5, 5.41) is 0. The van der Waals surface area contributed by atoms with E-state index in [1.165, 1.54) is 11.9 Å². The summed E-state index contributed by atoms with van der Waals surface area (Å²) in [4.78, 5) is 5.20. The molecule has 0 saturated heterocycles. The Kier molecular flexibility index (Phi) is 3.23. The Hall–Kier alpha value is -0.940. The van der Waals surface area contributed by atoms with Crippen LogP contribution in [-0.2, 0) is 4.74 Å². The molecular weight excluding hydrogens is 233 g/mol. The van der Waals surface area contributed by atoms with E-state index in [4.69, 9.17) is 4.74 Å². The van der Waals surface area contributed by atoms with Gasteiger partial charge < -0.3 is 9.64 Å². The lowest BCUT2D eigenvalue weighted by atomic mass is 9.80. The van der Waals surface area contributed by atoms with Crippen molar-refractivity contribution in [1.82, 2.24) is 4.90 Å². The van der Waals surface area contributed by atoms with E-state index < -0.39 is 11.7 Å². The first-order valence-electron chi connectivity index (χ1n) is 5.95. The molecule has 1 aliphatic carbocycles. The lowest BCUT2D eigenvalue weighted by molar-refractivity contribution is -0.228. The minimum absolute atomic E-state index is 0.134. The van der Waals surface area contributed by atoms with Gasteiger partial charge in [-0.2, -0.15) is 13.2 Å². The number of rotatable bonds is 1. The van der Waals surface area contributed by atoms with Crippen LogP contribution in [0.15, 0.2) is 4.99 Å². The molecule has 0 bridgehead atoms. The maximum absolute atomic E-state index is 13.3. The van der Waals surface area contributed by atoms with Crippen molar-refractivity contribution in [3.8, 4) is 0 Å². The molecule has 0 spiro atoms. The molecule has 0 aromatic rings. The standard InChI is InChI=1S/C11H17F3N2O/c1-16(9-15-7-8-17-9)10(11(12,13)14)5-3-2-4-6-10/h2-8H2,1H3. The lowest BCUT2D eigenvalue weighted by Gasteiger charge is -2.45. The molecule has 0 aromatic carbocycles. The van der Waals surface area contributed by atoms with Crippen molar-refractivity contribution in [3.05, 3.63) is 0 Å². The highest BCUT2D eigenvalue weighted by atomic mass is 19.4. The molecule has 17 heavy (non-hydrogen) atoms. The average Bonchev–Trinajstić information content (AvgIpc) is 2.81. The van der Waals surface area contributed by atoms with Gasteiger partial charge in [-0.3, -0.25) is 0 Å². The molecule has 0 radical (unpaired) electrons. The van der Waals surface area contributed by atoms with Crippen LogP contribution in [0.4, 0.5) is 13.2 Å². The number of nitrogens with zero attached hydrogens (tertiary/aromatic N) is 2. The smallest absolute Gasteiger partial charge is 0.411 e. The molecule has 0 aromatic heterocycles. The minimum Gasteiger partial charge on any atom is -0.463 e. The second kappa shape index (κ2) is 4.38. The molecule has 3 nitrogen and oxygen atoms in total. The Balaban J connectivity index is 2.26. The fourth-order valence-corrected chi connectivity index (χ4v) is 2.66. The summed E-state index contributed by atoms with van der Waals surface area (Å²) in [6, 6.07) is 0.143. The number of halogens is 3. The second-order valence-electron chi connectivity index (χ2n) is 4.66. The van der Waals surface area contributed by atoms with Crippen LogP contribution >= 0.6 is 0 Å². The van der Waals surface area contributed by atoms with Gasteiger partial charge in [0.1, 0.15) is 12.1 Å². The van der Waals surface area contributed by atoms with Crippen LogP contribution in [0, 0.1) is 0 Å². The van der Waals surface area contributed by atoms with Crippen molar-refractivity contribution in [2.75, 3.05) is 20.2 Å². The monoisotopic (exact) mass is 250 g/mol. The third-order valence-electron chi connectivity index (χ3n) is 3.71. The van der Waals surface area contributed by atoms with Gasteiger partial charge in [0.15, 0.2) is 0 Å². The van der Waals surface area contributed by atoms with Gasteiger partial charge >= 0.3 is 6.18 Å². The Morgan fingerprint density at radius 3 is 2.35 bits per heavy atom. The predicted octanol–water partition coefficient (Wildman–Crippen LogP) is 2.57. The van der Waals surface area contributed by atoms with Gasteiger partial charge in [0.05, 0.1) is 6.54 Å². The van der Waals surface area contributed by atoms with E-state index >= 15 is 0 Å². The van der Waals surface area contributed by atoms with Gasteiger partial charge in [-0.15, -0.1) is 0 Å². The largest absolute Gasteiger partial charge is 0.463 e. The fraction of sp³-hybridized carbons (Fsp3) is 0.909. The van der Waals surface area contributed by atoms with Crippen LogP contribution in [0.5, 0.6) is 0 Å². The van der Waals surface area contributed by atoms with Crippen LogP contribution in [0.25, 0.3) is 0 Å². The second-order valence-corrected chi connectivity index (χ2v) is 4.66. The number of amidine groups is 1. The zero-order valence-corrected chi connectivity index (χ0v) is 9.89. The first-order valence-corrected chi connectivity index (χ1v) is 5.95. The lowest BCUT2D eigenvalue weighted by Crippen LogP contribution is -2.60. The summed E-state index contributed by atoms with van der Waals surface area (Å²) in [5.41, 5.74) is -1.78. The van der Waals surface area contributed by atoms with E-state index in [1.807, 2.05) is 0 Å². The molecule has 6 heteroatoms. The molecule has 0 amide bonds. The summed E-state index contributed by atoms with van der Waals surface area (Å²) in [7, 11) is 1.45. The Morgan fingerprint density at radius 2 is 1.88 bits per heavy atom. The maximum Gasteiger partial charge on any atom is 0.411 e. The van der Waals surface area contributed by atoms with Crippen LogP contribution < -0.4 is 0 Å². The predicted molar refractivity (Wildman–Crippen MR) is 57.9 cm³/mol. The van der Waals surface area contributed by atoms with E-state index in [1.54, 1.807) is 0 Å². The van der Waals surface area contributed by atoms with Crippen molar-refractivity contribution in [2.45, 2.75) is 43.8 Å². The molecule has 0 atom stereocenters. The number of ether oxygens (including phenoxy) is 1. The maximum atomic E-state index is 13.3. The summed E-state index contributed by atoms with van der Waals surface area (Å²) in [6.07, 6.45) is -1.88. The van der Waals surface area contributed by atoms with E-state index in [2.05, 4.69) is 4.99 Å². The first-order chi connectivity index (χ1) is 7.97. The Morgan fingerprint density at radius 1 is 1.24 bits per heavy atom. The van der Waals surface area contributed by atoms with E-state index in [0.717, 1.165) is 6.42 Å². The highest BCUT2D eigenvalue weighted by Crippen LogP contribution is 2.45. The molecule has 1 heterocycles. The van der Waals surface area contributed by atoms with Crippen molar-refractivity contribution in [1.29, 1.82) is 0 Å². The van der Waals surface area contributed by atoms with Crippen molar-refractivity contribution >= 4 is 6.02 Å². The molecule has 0 unspecified atom stereocenters. The van der Waals surface area contributed by atoms with E-state index in [-0.39, 0.29) is 18.9 Å². The summed E-state index contributed by atoms with van der Waals surface area (Å²) in [5.74, 6) is 0. The summed E-state index contributed by atoms with van der Waals surface area (Å²) < 4.78 is 45.2. The Bertz CT molecular complexity index is 308. The average molecular weight is 250 g/mol. The fourth-order valence-electron chi connectivity index (χ4n) is 2.66. The van der Waals surface area contributed by atoms with Gasteiger partial charge in [0, 0.05) is 7.05 Å². The number of hydrogen-bond acceptors (Lipinski definition) is 3. The highest BCUT2D eigenvalue weighted by Gasteiger charge is 2.58. The zero-order chi connectivity index (χ0) is 12.5. The van der Waals surface area contributed by atoms with Crippen molar-refractivity contribution < 1.29 is 17.9 Å². The van der Waals surface area contributed by atoms with Crippen LogP contribution in [0.3, 0.4) is 0 Å². The molecule has 1 fully saturated rings. The van der Waals surface area contributed by atoms with Gasteiger partial charge in [-0.05, 0) is 12.8 Å². The molecule has 98 valence electrons. The number of hydrogen-bond donors (Lipinski definition) is 0. The van der Waals surface area contributed by atoms with Crippen LogP contribution in [-0.4, -0.2) is 42.8 Å². The molecule has 1 aliphatic heterocycles. The van der Waals surface area contributed by atoms with E-state index in [9.17, 15) is 13.2 Å². The molecule has 2 rings (SSSR count). The molecule has 0 N–H and O–H groups in total. The summed E-state index contributed by atoms with van der Waals surface area (Å²) >= 11 is 0. The summed E-state index contributed by atoms with van der Waals surface area (Å²) in [6.45, 7) is 0.835. The van der Waals surface area contributed by atoms with Gasteiger partial charge in [-0.25, -0.2) is 4.99 Å². The number of aliphatic imine (C=N–C) groups is 1. The minimum atomic E-state index is -4.24. The van der Waals surface area contributed by atoms with Crippen molar-refractivity contribution in [2.24, 2.45) is 4.99 Å². The first kappa shape index (κ1) is 12.5. The molecule has 2 aliphatic rings. The van der Waals surface area contributed by atoms with Crippen molar-refractivity contribution in [3.63, 3.8) is 0 Å². The van der Waals surface area contributed by atoms with Gasteiger partial charge in [-0.1, -0.05) is 19.3 Å². The third-order valence-corrected chi connectivity index (χ3v) is 3.71. The Labute approximate surface area is 98.6 Å². The topological polar surface area (TPSA) is 24.8 Å². The quantitative estimate of drug-likeness (QED) is 0.714. The highest BCUT2D eigenvalue weighted by molar-refractivity contribution is 5.75. The number of alkyl halides is 3.